The van der Waals surface area contributed by atoms with Gasteiger partial charge in [0.25, 0.3) is 0 Å². The summed E-state index contributed by atoms with van der Waals surface area (Å²) in [5.74, 6) is 0.562. The molecule has 2 aromatic heterocycles. The maximum atomic E-state index is 12.5. The van der Waals surface area contributed by atoms with E-state index < -0.39 is 0 Å². The second-order valence-electron chi connectivity index (χ2n) is 6.06. The molecule has 0 aliphatic rings. The highest BCUT2D eigenvalue weighted by atomic mass is 32.2. The van der Waals surface area contributed by atoms with E-state index in [1.54, 1.807) is 17.7 Å². The van der Waals surface area contributed by atoms with Crippen molar-refractivity contribution in [2.24, 2.45) is 0 Å². The Bertz CT molecular complexity index is 661. The Hall–Kier alpha value is -1.14. The molecule has 6 heteroatoms. The first-order chi connectivity index (χ1) is 10.4. The van der Waals surface area contributed by atoms with Gasteiger partial charge < -0.3 is 4.90 Å². The zero-order chi connectivity index (χ0) is 16.3. The van der Waals surface area contributed by atoms with Crippen LogP contribution < -0.4 is 0 Å². The van der Waals surface area contributed by atoms with Gasteiger partial charge in [-0.3, -0.25) is 4.79 Å². The van der Waals surface area contributed by atoms with Gasteiger partial charge in [-0.15, -0.1) is 11.3 Å². The molecule has 0 aliphatic carbocycles. The number of carbonyl (C=O) groups is 1. The molecule has 0 saturated carbocycles. The number of hydrogen-bond donors (Lipinski definition) is 0. The molecule has 0 bridgehead atoms. The van der Waals surface area contributed by atoms with Crippen LogP contribution in [-0.2, 0) is 11.2 Å². The molecule has 2 aromatic rings. The van der Waals surface area contributed by atoms with Crippen molar-refractivity contribution in [2.45, 2.75) is 51.6 Å². The van der Waals surface area contributed by atoms with Crippen molar-refractivity contribution in [3.63, 3.8) is 0 Å². The molecule has 0 aliphatic heterocycles. The third-order valence-corrected chi connectivity index (χ3v) is 5.63. The number of nitrogens with zero attached hydrogens (tertiary/aromatic N) is 3. The first-order valence-corrected chi connectivity index (χ1v) is 9.33. The Labute approximate surface area is 140 Å². The Morgan fingerprint density at radius 2 is 2.05 bits per heavy atom. The molecular formula is C16H23N3OS2. The fraction of sp³-hybridized carbons (Fsp3) is 0.562. The predicted molar refractivity (Wildman–Crippen MR) is 94.7 cm³/mol. The molecule has 2 rings (SSSR count). The predicted octanol–water partition coefficient (Wildman–Crippen LogP) is 3.99. The highest BCUT2D eigenvalue weighted by Crippen LogP contribution is 2.31. The molecule has 4 nitrogen and oxygen atoms in total. The molecular weight excluding hydrogens is 314 g/mol. The van der Waals surface area contributed by atoms with Crippen molar-refractivity contribution in [1.82, 2.24) is 14.9 Å². The van der Waals surface area contributed by atoms with Crippen molar-refractivity contribution in [3.8, 4) is 0 Å². The maximum Gasteiger partial charge on any atom is 0.233 e. The third kappa shape index (κ3) is 3.79. The van der Waals surface area contributed by atoms with E-state index in [0.29, 0.717) is 5.75 Å². The monoisotopic (exact) mass is 337 g/mol. The number of aromatic nitrogens is 2. The number of carbonyl (C=O) groups excluding carboxylic acids is 1. The second-order valence-corrected chi connectivity index (χ2v) is 8.14. The van der Waals surface area contributed by atoms with Gasteiger partial charge in [0, 0.05) is 22.3 Å². The second kappa shape index (κ2) is 6.96. The average Bonchev–Trinajstić information content (AvgIpc) is 2.87. The number of thiophene rings is 1. The van der Waals surface area contributed by atoms with Crippen LogP contribution in [0.2, 0.25) is 0 Å². The molecule has 120 valence electrons. The van der Waals surface area contributed by atoms with Crippen LogP contribution in [0.3, 0.4) is 0 Å². The van der Waals surface area contributed by atoms with Gasteiger partial charge in [-0.25, -0.2) is 9.97 Å². The van der Waals surface area contributed by atoms with Gasteiger partial charge in [-0.05, 0) is 40.2 Å². The van der Waals surface area contributed by atoms with Crippen LogP contribution in [0.5, 0.6) is 0 Å². The fourth-order valence-corrected chi connectivity index (χ4v) is 4.25. The summed E-state index contributed by atoms with van der Waals surface area (Å²) in [6.45, 7) is 11.1. The fourth-order valence-electron chi connectivity index (χ4n) is 2.41. The van der Waals surface area contributed by atoms with Gasteiger partial charge in [-0.1, -0.05) is 18.7 Å². The molecule has 0 radical (unpaired) electrons. The van der Waals surface area contributed by atoms with Crippen molar-refractivity contribution in [3.05, 3.63) is 17.3 Å². The van der Waals surface area contributed by atoms with Crippen LogP contribution in [-0.4, -0.2) is 38.6 Å². The largest absolute Gasteiger partial charge is 0.337 e. The summed E-state index contributed by atoms with van der Waals surface area (Å²) in [5, 5.41) is 1.97. The molecule has 2 heterocycles. The molecule has 22 heavy (non-hydrogen) atoms. The van der Waals surface area contributed by atoms with Gasteiger partial charge in [0.05, 0.1) is 5.75 Å². The van der Waals surface area contributed by atoms with Gasteiger partial charge in [0.1, 0.15) is 16.2 Å². The standard InChI is InChI=1S/C16H23N3OS2/c1-6-11-8-12-14(17-10-18-15(12)22-11)21-9-13(20)19(7-2)16(3,4)5/h8,10H,6-7,9H2,1-5H3. The number of aryl methyl sites for hydroxylation is 1. The highest BCUT2D eigenvalue weighted by molar-refractivity contribution is 8.00. The van der Waals surface area contributed by atoms with Crippen LogP contribution in [0.1, 0.15) is 39.5 Å². The molecule has 0 atom stereocenters. The summed E-state index contributed by atoms with van der Waals surface area (Å²) in [5.41, 5.74) is -0.148. The zero-order valence-corrected chi connectivity index (χ0v) is 15.5. The lowest BCUT2D eigenvalue weighted by Crippen LogP contribution is -2.46. The van der Waals surface area contributed by atoms with Gasteiger partial charge in [-0.2, -0.15) is 0 Å². The quantitative estimate of drug-likeness (QED) is 0.611. The van der Waals surface area contributed by atoms with Gasteiger partial charge in [0.15, 0.2) is 0 Å². The Kier molecular flexibility index (Phi) is 5.45. The maximum absolute atomic E-state index is 12.5. The van der Waals surface area contributed by atoms with Crippen LogP contribution in [0.4, 0.5) is 0 Å². The highest BCUT2D eigenvalue weighted by Gasteiger charge is 2.24. The van der Waals surface area contributed by atoms with Crippen LogP contribution in [0, 0.1) is 0 Å². The van der Waals surface area contributed by atoms with E-state index in [1.807, 2.05) is 11.8 Å². The van der Waals surface area contributed by atoms with Crippen molar-refractivity contribution < 1.29 is 4.79 Å². The zero-order valence-electron chi connectivity index (χ0n) is 13.8. The molecule has 0 unspecified atom stereocenters. The van der Waals surface area contributed by atoms with E-state index in [0.717, 1.165) is 28.2 Å². The van der Waals surface area contributed by atoms with E-state index >= 15 is 0 Å². The lowest BCUT2D eigenvalue weighted by molar-refractivity contribution is -0.132. The molecule has 0 aromatic carbocycles. The SMILES string of the molecule is CCc1cc2c(SCC(=O)N(CC)C(C)(C)C)ncnc2s1. The molecule has 1 amide bonds. The van der Waals surface area contributed by atoms with Gasteiger partial charge in [0.2, 0.25) is 5.91 Å². The Morgan fingerprint density at radius 1 is 1.32 bits per heavy atom. The number of hydrogen-bond acceptors (Lipinski definition) is 5. The van der Waals surface area contributed by atoms with E-state index in [4.69, 9.17) is 0 Å². The summed E-state index contributed by atoms with van der Waals surface area (Å²) < 4.78 is 0. The number of fused-ring (bicyclic) bond motifs is 1. The average molecular weight is 338 g/mol. The molecule has 0 spiro atoms. The third-order valence-electron chi connectivity index (χ3n) is 3.45. The molecule has 0 N–H and O–H groups in total. The normalized spacial score (nSPS) is 11.9. The van der Waals surface area contributed by atoms with Gasteiger partial charge >= 0.3 is 0 Å². The van der Waals surface area contributed by atoms with Crippen LogP contribution in [0.15, 0.2) is 17.4 Å². The summed E-state index contributed by atoms with van der Waals surface area (Å²) >= 11 is 3.21. The Balaban J connectivity index is 2.14. The Morgan fingerprint density at radius 3 is 2.64 bits per heavy atom. The summed E-state index contributed by atoms with van der Waals surface area (Å²) in [6.07, 6.45) is 2.59. The summed E-state index contributed by atoms with van der Waals surface area (Å²) in [4.78, 5) is 25.4. The van der Waals surface area contributed by atoms with E-state index in [2.05, 4.69) is 43.7 Å². The van der Waals surface area contributed by atoms with Crippen molar-refractivity contribution >= 4 is 39.2 Å². The smallest absolute Gasteiger partial charge is 0.233 e. The summed E-state index contributed by atoms with van der Waals surface area (Å²) in [7, 11) is 0. The lowest BCUT2D eigenvalue weighted by Gasteiger charge is -2.34. The van der Waals surface area contributed by atoms with E-state index in [-0.39, 0.29) is 11.4 Å². The summed E-state index contributed by atoms with van der Waals surface area (Å²) in [6, 6.07) is 2.15. The van der Waals surface area contributed by atoms with Crippen LogP contribution >= 0.6 is 23.1 Å². The van der Waals surface area contributed by atoms with Crippen molar-refractivity contribution in [2.75, 3.05) is 12.3 Å². The number of thioether (sulfide) groups is 1. The van der Waals surface area contributed by atoms with Crippen molar-refractivity contribution in [1.29, 1.82) is 0 Å². The van der Waals surface area contributed by atoms with Crippen LogP contribution in [0.25, 0.3) is 10.2 Å². The van der Waals surface area contributed by atoms with E-state index in [1.165, 1.54) is 16.6 Å². The minimum absolute atomic E-state index is 0.148. The number of amides is 1. The first-order valence-electron chi connectivity index (χ1n) is 7.53. The molecule has 0 saturated heterocycles. The lowest BCUT2D eigenvalue weighted by atomic mass is 10.1. The van der Waals surface area contributed by atoms with E-state index in [9.17, 15) is 4.79 Å². The molecule has 0 fully saturated rings. The first kappa shape index (κ1) is 17.2. The minimum Gasteiger partial charge on any atom is -0.337 e. The number of rotatable bonds is 5. The minimum atomic E-state index is -0.148. The topological polar surface area (TPSA) is 46.1 Å².